The summed E-state index contributed by atoms with van der Waals surface area (Å²) >= 11 is 5.89. The monoisotopic (exact) mass is 365 g/mol. The molecule has 2 aromatic carbocycles. The van der Waals surface area contributed by atoms with Crippen LogP contribution in [0.15, 0.2) is 82.8 Å². The van der Waals surface area contributed by atoms with Crippen molar-refractivity contribution in [2.24, 2.45) is 5.10 Å². The first-order chi connectivity index (χ1) is 12.6. The Balaban J connectivity index is 1.73. The van der Waals surface area contributed by atoms with Gasteiger partial charge < -0.3 is 4.57 Å². The van der Waals surface area contributed by atoms with E-state index in [1.807, 2.05) is 30.3 Å². The van der Waals surface area contributed by atoms with Crippen LogP contribution in [0, 0.1) is 0 Å². The van der Waals surface area contributed by atoms with Crippen LogP contribution < -0.4 is 11.0 Å². The highest BCUT2D eigenvalue weighted by atomic mass is 35.5. The largest absolute Gasteiger partial charge is 0.310 e. The maximum absolute atomic E-state index is 12.5. The van der Waals surface area contributed by atoms with Crippen LogP contribution >= 0.6 is 11.6 Å². The summed E-state index contributed by atoms with van der Waals surface area (Å²) in [5, 5.41) is 4.46. The van der Waals surface area contributed by atoms with E-state index in [0.29, 0.717) is 11.6 Å². The van der Waals surface area contributed by atoms with Crippen molar-refractivity contribution in [2.45, 2.75) is 6.54 Å². The first kappa shape index (κ1) is 17.6. The molecule has 0 atom stereocenters. The maximum Gasteiger partial charge on any atom is 0.276 e. The Labute approximate surface area is 155 Å². The number of carbonyl (C=O) groups excluding carboxylic acids is 1. The van der Waals surface area contributed by atoms with Gasteiger partial charge in [-0.15, -0.1) is 0 Å². The third-order valence-electron chi connectivity index (χ3n) is 3.69. The molecule has 0 bridgehead atoms. The zero-order valence-corrected chi connectivity index (χ0v) is 14.6. The molecule has 6 heteroatoms. The average Bonchev–Trinajstić information content (AvgIpc) is 2.64. The quantitative estimate of drug-likeness (QED) is 0.557. The lowest BCUT2D eigenvalue weighted by molar-refractivity contribution is 0.0953. The van der Waals surface area contributed by atoms with E-state index in [1.54, 1.807) is 36.5 Å². The van der Waals surface area contributed by atoms with E-state index in [2.05, 4.69) is 10.5 Å². The number of aromatic nitrogens is 1. The molecule has 3 rings (SSSR count). The molecule has 1 aromatic heterocycles. The fourth-order valence-electron chi connectivity index (χ4n) is 2.43. The highest BCUT2D eigenvalue weighted by molar-refractivity contribution is 6.30. The highest BCUT2D eigenvalue weighted by Crippen LogP contribution is 2.08. The molecule has 1 amide bonds. The molecule has 0 aliphatic heterocycles. The van der Waals surface area contributed by atoms with Gasteiger partial charge in [-0.25, -0.2) is 5.43 Å². The number of halogens is 1. The molecular formula is C20H16ClN3O2. The second-order valence-electron chi connectivity index (χ2n) is 5.59. The number of nitrogens with zero attached hydrogens (tertiary/aromatic N) is 2. The first-order valence-electron chi connectivity index (χ1n) is 7.96. The van der Waals surface area contributed by atoms with E-state index in [4.69, 9.17) is 11.6 Å². The normalized spacial score (nSPS) is 10.8. The third kappa shape index (κ3) is 4.46. The minimum Gasteiger partial charge on any atom is -0.310 e. The van der Waals surface area contributed by atoms with Crippen molar-refractivity contribution < 1.29 is 4.79 Å². The maximum atomic E-state index is 12.5. The summed E-state index contributed by atoms with van der Waals surface area (Å²) in [4.78, 5) is 24.8. The fraction of sp³-hybridized carbons (Fsp3) is 0.0500. The molecule has 0 spiro atoms. The summed E-state index contributed by atoms with van der Waals surface area (Å²) in [6, 6.07) is 19.8. The zero-order valence-electron chi connectivity index (χ0n) is 13.8. The molecule has 0 saturated heterocycles. The van der Waals surface area contributed by atoms with Gasteiger partial charge in [-0.2, -0.15) is 5.10 Å². The predicted molar refractivity (Wildman–Crippen MR) is 103 cm³/mol. The molecule has 1 N–H and O–H groups in total. The van der Waals surface area contributed by atoms with Gasteiger partial charge in [-0.05, 0) is 35.4 Å². The topological polar surface area (TPSA) is 63.5 Å². The summed E-state index contributed by atoms with van der Waals surface area (Å²) in [6.07, 6.45) is 3.12. The molecule has 26 heavy (non-hydrogen) atoms. The second-order valence-corrected chi connectivity index (χ2v) is 6.03. The van der Waals surface area contributed by atoms with Crippen LogP contribution in [0.25, 0.3) is 0 Å². The van der Waals surface area contributed by atoms with Gasteiger partial charge >= 0.3 is 0 Å². The van der Waals surface area contributed by atoms with Gasteiger partial charge in [-0.1, -0.05) is 54.1 Å². The van der Waals surface area contributed by atoms with Crippen molar-refractivity contribution in [1.29, 1.82) is 0 Å². The SMILES string of the molecule is O=C(N/N=C\c1cccc(Cl)c1)c1cccn(Cc2ccccc2)c1=O. The summed E-state index contributed by atoms with van der Waals surface area (Å²) in [7, 11) is 0. The van der Waals surface area contributed by atoms with Crippen LogP contribution in [-0.4, -0.2) is 16.7 Å². The number of rotatable bonds is 5. The Morgan fingerprint density at radius 3 is 2.65 bits per heavy atom. The standard InChI is InChI=1S/C20H16ClN3O2/c21-17-9-4-8-16(12-17)13-22-23-19(25)18-10-5-11-24(20(18)26)14-15-6-2-1-3-7-15/h1-13H,14H2,(H,23,25)/b22-13-. The number of hydrogen-bond acceptors (Lipinski definition) is 3. The molecule has 5 nitrogen and oxygen atoms in total. The number of carbonyl (C=O) groups is 1. The predicted octanol–water partition coefficient (Wildman–Crippen LogP) is 3.31. The average molecular weight is 366 g/mol. The lowest BCUT2D eigenvalue weighted by Gasteiger charge is -2.07. The molecule has 130 valence electrons. The fourth-order valence-corrected chi connectivity index (χ4v) is 2.63. The van der Waals surface area contributed by atoms with E-state index in [1.165, 1.54) is 16.8 Å². The van der Waals surface area contributed by atoms with Crippen LogP contribution in [0.1, 0.15) is 21.5 Å². The van der Waals surface area contributed by atoms with Gasteiger partial charge in [0.15, 0.2) is 0 Å². The minimum atomic E-state index is -0.560. The molecule has 0 fully saturated rings. The van der Waals surface area contributed by atoms with Crippen molar-refractivity contribution in [3.63, 3.8) is 0 Å². The van der Waals surface area contributed by atoms with Crippen LogP contribution in [-0.2, 0) is 6.54 Å². The molecule has 0 aliphatic rings. The molecule has 0 unspecified atom stereocenters. The summed E-state index contributed by atoms with van der Waals surface area (Å²) in [6.45, 7) is 0.395. The number of nitrogens with one attached hydrogen (secondary N) is 1. The van der Waals surface area contributed by atoms with Gasteiger partial charge in [0.05, 0.1) is 12.8 Å². The number of hydrogen-bond donors (Lipinski definition) is 1. The molecule has 3 aromatic rings. The van der Waals surface area contributed by atoms with Gasteiger partial charge in [0.2, 0.25) is 0 Å². The number of pyridine rings is 1. The smallest absolute Gasteiger partial charge is 0.276 e. The van der Waals surface area contributed by atoms with Crippen LogP contribution in [0.5, 0.6) is 0 Å². The van der Waals surface area contributed by atoms with Gasteiger partial charge in [-0.3, -0.25) is 9.59 Å². The summed E-state index contributed by atoms with van der Waals surface area (Å²) < 4.78 is 1.49. The second kappa shape index (κ2) is 8.27. The minimum absolute atomic E-state index is 0.0340. The van der Waals surface area contributed by atoms with E-state index in [-0.39, 0.29) is 11.1 Å². The molecule has 1 heterocycles. The van der Waals surface area contributed by atoms with Gasteiger partial charge in [0, 0.05) is 11.2 Å². The molecule has 0 aliphatic carbocycles. The van der Waals surface area contributed by atoms with E-state index >= 15 is 0 Å². The Hall–Kier alpha value is -3.18. The molecular weight excluding hydrogens is 350 g/mol. The Bertz CT molecular complexity index is 997. The van der Waals surface area contributed by atoms with Crippen molar-refractivity contribution in [3.05, 3.63) is 105 Å². The van der Waals surface area contributed by atoms with Crippen molar-refractivity contribution in [2.75, 3.05) is 0 Å². The van der Waals surface area contributed by atoms with Gasteiger partial charge in [0.1, 0.15) is 5.56 Å². The third-order valence-corrected chi connectivity index (χ3v) is 3.92. The first-order valence-corrected chi connectivity index (χ1v) is 8.33. The Kier molecular flexibility index (Phi) is 5.61. The van der Waals surface area contributed by atoms with Crippen LogP contribution in [0.4, 0.5) is 0 Å². The molecule has 0 saturated carbocycles. The Morgan fingerprint density at radius 2 is 1.88 bits per heavy atom. The highest BCUT2D eigenvalue weighted by Gasteiger charge is 2.11. The van der Waals surface area contributed by atoms with E-state index < -0.39 is 5.91 Å². The zero-order chi connectivity index (χ0) is 18.4. The number of benzene rings is 2. The summed E-state index contributed by atoms with van der Waals surface area (Å²) in [5.41, 5.74) is 3.76. The van der Waals surface area contributed by atoms with Gasteiger partial charge in [0.25, 0.3) is 11.5 Å². The van der Waals surface area contributed by atoms with Crippen molar-refractivity contribution in [3.8, 4) is 0 Å². The molecule has 0 radical (unpaired) electrons. The van der Waals surface area contributed by atoms with E-state index in [0.717, 1.165) is 11.1 Å². The van der Waals surface area contributed by atoms with Crippen molar-refractivity contribution in [1.82, 2.24) is 9.99 Å². The van der Waals surface area contributed by atoms with E-state index in [9.17, 15) is 9.59 Å². The van der Waals surface area contributed by atoms with Crippen molar-refractivity contribution >= 4 is 23.7 Å². The van der Waals surface area contributed by atoms with Crippen LogP contribution in [0.3, 0.4) is 0 Å². The van der Waals surface area contributed by atoms with Crippen LogP contribution in [0.2, 0.25) is 5.02 Å². The Morgan fingerprint density at radius 1 is 1.08 bits per heavy atom. The number of amides is 1. The number of hydrazone groups is 1. The summed E-state index contributed by atoms with van der Waals surface area (Å²) in [5.74, 6) is -0.560. The lowest BCUT2D eigenvalue weighted by atomic mass is 10.2. The lowest BCUT2D eigenvalue weighted by Crippen LogP contribution is -2.30.